The summed E-state index contributed by atoms with van der Waals surface area (Å²) >= 11 is 0. The first-order chi connectivity index (χ1) is 12.9. The van der Waals surface area contributed by atoms with Gasteiger partial charge in [0, 0.05) is 19.1 Å². The monoisotopic (exact) mass is 378 g/mol. The minimum Gasteiger partial charge on any atom is -0.462 e. The van der Waals surface area contributed by atoms with Crippen LogP contribution in [0.4, 0.5) is 0 Å². The molecule has 1 unspecified atom stereocenters. The standard InChI is InChI=1S/C20H26O7/c1-4-18(2)13-24-17(22)20(18,27-14-23-3)16(21)12-19(25-10-11-26-19)15-8-6-5-7-9-15/h4-9,16,21H,1,10-14H2,2-3H3/t16?,18-,20+/m0/s1. The molecule has 3 rings (SSSR count). The predicted molar refractivity (Wildman–Crippen MR) is 95.6 cm³/mol. The predicted octanol–water partition coefficient (Wildman–Crippen LogP) is 1.75. The van der Waals surface area contributed by atoms with E-state index < -0.39 is 28.9 Å². The van der Waals surface area contributed by atoms with E-state index in [1.54, 1.807) is 13.0 Å². The maximum absolute atomic E-state index is 12.7. The molecule has 0 amide bonds. The van der Waals surface area contributed by atoms with Crippen LogP contribution < -0.4 is 0 Å². The van der Waals surface area contributed by atoms with Gasteiger partial charge in [-0.25, -0.2) is 4.79 Å². The first-order valence-electron chi connectivity index (χ1n) is 8.89. The largest absolute Gasteiger partial charge is 0.462 e. The molecule has 2 heterocycles. The van der Waals surface area contributed by atoms with Gasteiger partial charge in [-0.3, -0.25) is 0 Å². The summed E-state index contributed by atoms with van der Waals surface area (Å²) in [6.45, 7) is 6.21. The number of esters is 1. The number of hydrogen-bond donors (Lipinski definition) is 1. The van der Waals surface area contributed by atoms with Crippen molar-refractivity contribution < 1.29 is 33.6 Å². The van der Waals surface area contributed by atoms with Crippen molar-refractivity contribution in [1.29, 1.82) is 0 Å². The topological polar surface area (TPSA) is 83.5 Å². The Labute approximate surface area is 158 Å². The van der Waals surface area contributed by atoms with Crippen molar-refractivity contribution >= 4 is 5.97 Å². The van der Waals surface area contributed by atoms with E-state index in [9.17, 15) is 9.90 Å². The van der Waals surface area contributed by atoms with Gasteiger partial charge in [0.25, 0.3) is 0 Å². The average molecular weight is 378 g/mol. The van der Waals surface area contributed by atoms with Crippen LogP contribution in [0, 0.1) is 5.41 Å². The van der Waals surface area contributed by atoms with Gasteiger partial charge in [-0.1, -0.05) is 36.4 Å². The van der Waals surface area contributed by atoms with E-state index in [4.69, 9.17) is 23.7 Å². The number of aliphatic hydroxyl groups excluding tert-OH is 1. The summed E-state index contributed by atoms with van der Waals surface area (Å²) < 4.78 is 27.8. The minimum absolute atomic E-state index is 0.0146. The fourth-order valence-corrected chi connectivity index (χ4v) is 3.81. The summed E-state index contributed by atoms with van der Waals surface area (Å²) in [6, 6.07) is 9.34. The van der Waals surface area contributed by atoms with Crippen LogP contribution in [-0.4, -0.2) is 56.5 Å². The van der Waals surface area contributed by atoms with Gasteiger partial charge in [0.05, 0.1) is 18.6 Å². The maximum atomic E-state index is 12.7. The second-order valence-electron chi connectivity index (χ2n) is 7.02. The fourth-order valence-electron chi connectivity index (χ4n) is 3.81. The molecule has 0 spiro atoms. The van der Waals surface area contributed by atoms with Crippen LogP contribution in [0.25, 0.3) is 0 Å². The molecule has 2 saturated heterocycles. The Morgan fingerprint density at radius 2 is 1.96 bits per heavy atom. The van der Waals surface area contributed by atoms with Crippen molar-refractivity contribution in [3.63, 3.8) is 0 Å². The van der Waals surface area contributed by atoms with Crippen LogP contribution in [0.1, 0.15) is 18.9 Å². The van der Waals surface area contributed by atoms with Gasteiger partial charge in [-0.05, 0) is 6.92 Å². The normalized spacial score (nSPS) is 30.9. The van der Waals surface area contributed by atoms with Crippen molar-refractivity contribution in [2.24, 2.45) is 5.41 Å². The first kappa shape index (κ1) is 20.0. The molecule has 0 aromatic heterocycles. The third-order valence-electron chi connectivity index (χ3n) is 5.41. The molecule has 3 atom stereocenters. The van der Waals surface area contributed by atoms with Gasteiger partial charge >= 0.3 is 5.97 Å². The van der Waals surface area contributed by atoms with E-state index in [0.29, 0.717) is 13.2 Å². The van der Waals surface area contributed by atoms with Crippen LogP contribution in [0.5, 0.6) is 0 Å². The zero-order valence-electron chi connectivity index (χ0n) is 15.7. The third-order valence-corrected chi connectivity index (χ3v) is 5.41. The van der Waals surface area contributed by atoms with Gasteiger partial charge in [0.15, 0.2) is 5.79 Å². The van der Waals surface area contributed by atoms with E-state index in [2.05, 4.69) is 6.58 Å². The van der Waals surface area contributed by atoms with E-state index in [1.807, 2.05) is 30.3 Å². The molecular weight excluding hydrogens is 352 g/mol. The summed E-state index contributed by atoms with van der Waals surface area (Å²) in [5, 5.41) is 11.3. The molecule has 1 aromatic rings. The Hall–Kier alpha value is -1.77. The molecule has 1 aromatic carbocycles. The van der Waals surface area contributed by atoms with E-state index >= 15 is 0 Å². The molecule has 2 aliphatic rings. The maximum Gasteiger partial charge on any atom is 0.342 e. The summed E-state index contributed by atoms with van der Waals surface area (Å²) in [6.07, 6.45) is 0.269. The number of benzene rings is 1. The molecule has 2 fully saturated rings. The number of cyclic esters (lactones) is 1. The highest BCUT2D eigenvalue weighted by Gasteiger charge is 2.66. The van der Waals surface area contributed by atoms with Crippen molar-refractivity contribution in [3.05, 3.63) is 48.6 Å². The van der Waals surface area contributed by atoms with Crippen molar-refractivity contribution in [2.75, 3.05) is 33.7 Å². The molecule has 2 aliphatic heterocycles. The zero-order chi connectivity index (χ0) is 19.5. The highest BCUT2D eigenvalue weighted by atomic mass is 16.7. The number of rotatable bonds is 8. The second kappa shape index (κ2) is 7.69. The lowest BCUT2D eigenvalue weighted by Gasteiger charge is -2.42. The lowest BCUT2D eigenvalue weighted by atomic mass is 9.70. The van der Waals surface area contributed by atoms with Gasteiger partial charge < -0.3 is 28.8 Å². The number of carbonyl (C=O) groups excluding carboxylic acids is 1. The molecule has 0 saturated carbocycles. The number of ether oxygens (including phenoxy) is 5. The number of carbonyl (C=O) groups is 1. The Morgan fingerprint density at radius 1 is 1.30 bits per heavy atom. The summed E-state index contributed by atoms with van der Waals surface area (Å²) in [5.74, 6) is -1.83. The van der Waals surface area contributed by atoms with Gasteiger partial charge in [0.1, 0.15) is 19.5 Å². The van der Waals surface area contributed by atoms with E-state index in [-0.39, 0.29) is 19.8 Å². The van der Waals surface area contributed by atoms with Crippen LogP contribution in [0.15, 0.2) is 43.0 Å². The quantitative estimate of drug-likeness (QED) is 0.419. The minimum atomic E-state index is -1.68. The van der Waals surface area contributed by atoms with Crippen molar-refractivity contribution in [2.45, 2.75) is 30.8 Å². The Bertz CT molecular complexity index is 670. The lowest BCUT2D eigenvalue weighted by Crippen LogP contribution is -2.60. The highest BCUT2D eigenvalue weighted by Crippen LogP contribution is 2.48. The summed E-state index contributed by atoms with van der Waals surface area (Å²) in [7, 11) is 1.44. The molecule has 7 nitrogen and oxygen atoms in total. The molecule has 1 N–H and O–H groups in total. The Balaban J connectivity index is 1.98. The Kier molecular flexibility index (Phi) is 5.69. The SMILES string of the molecule is C=C[C@@]1(C)COC(=O)[C@]1(OCOC)C(O)CC1(c2ccccc2)OCCO1. The van der Waals surface area contributed by atoms with E-state index in [0.717, 1.165) is 5.56 Å². The van der Waals surface area contributed by atoms with Crippen molar-refractivity contribution in [1.82, 2.24) is 0 Å². The van der Waals surface area contributed by atoms with Gasteiger partial charge in [-0.15, -0.1) is 6.58 Å². The smallest absolute Gasteiger partial charge is 0.342 e. The molecule has 0 aliphatic carbocycles. The first-order valence-corrected chi connectivity index (χ1v) is 8.89. The Morgan fingerprint density at radius 3 is 2.56 bits per heavy atom. The third kappa shape index (κ3) is 3.19. The lowest BCUT2D eigenvalue weighted by molar-refractivity contribution is -0.239. The molecule has 0 radical (unpaired) electrons. The highest BCUT2D eigenvalue weighted by molar-refractivity contribution is 5.84. The van der Waals surface area contributed by atoms with Crippen molar-refractivity contribution in [3.8, 4) is 0 Å². The average Bonchev–Trinajstić information content (AvgIpc) is 3.26. The van der Waals surface area contributed by atoms with Crippen LogP contribution in [-0.2, 0) is 34.3 Å². The molecule has 148 valence electrons. The van der Waals surface area contributed by atoms with Gasteiger partial charge in [0.2, 0.25) is 5.60 Å². The van der Waals surface area contributed by atoms with Crippen LogP contribution in [0.3, 0.4) is 0 Å². The molecule has 0 bridgehead atoms. The zero-order valence-corrected chi connectivity index (χ0v) is 15.7. The number of methoxy groups -OCH3 is 1. The fraction of sp³-hybridized carbons (Fsp3) is 0.550. The van der Waals surface area contributed by atoms with Crippen LogP contribution >= 0.6 is 0 Å². The summed E-state index contributed by atoms with van der Waals surface area (Å²) in [4.78, 5) is 12.7. The van der Waals surface area contributed by atoms with Crippen LogP contribution in [0.2, 0.25) is 0 Å². The second-order valence-corrected chi connectivity index (χ2v) is 7.02. The van der Waals surface area contributed by atoms with E-state index in [1.165, 1.54) is 7.11 Å². The molecular formula is C20H26O7. The number of hydrogen-bond acceptors (Lipinski definition) is 7. The molecule has 27 heavy (non-hydrogen) atoms. The molecule has 7 heteroatoms. The van der Waals surface area contributed by atoms with Gasteiger partial charge in [-0.2, -0.15) is 0 Å². The number of aliphatic hydroxyl groups is 1. The summed E-state index contributed by atoms with van der Waals surface area (Å²) in [5.41, 5.74) is -1.87.